The Morgan fingerprint density at radius 1 is 1.04 bits per heavy atom. The van der Waals surface area contributed by atoms with Crippen molar-refractivity contribution in [3.8, 4) is 11.3 Å². The van der Waals surface area contributed by atoms with Crippen molar-refractivity contribution in [1.29, 1.82) is 0 Å². The molecule has 0 spiro atoms. The highest BCUT2D eigenvalue weighted by Gasteiger charge is 2.22. The number of hydrogen-bond acceptors (Lipinski definition) is 2. The standard InChI is InChI=1S/C23H25N2S/c1-13(2)17-7-8-18-20(11-17)26-23-21(18)24-12-25(6)22(23)19-10-14(3)9-15(4)16(19)5/h7-13H,1-6H3/q+1. The number of nitrogens with zero attached hydrogens (tertiary/aromatic N) is 2. The average molecular weight is 362 g/mol. The van der Waals surface area contributed by atoms with Crippen molar-refractivity contribution in [1.82, 2.24) is 4.98 Å². The van der Waals surface area contributed by atoms with Gasteiger partial charge in [-0.25, -0.2) is 4.57 Å². The Hall–Kier alpha value is -2.26. The molecule has 2 nitrogen and oxygen atoms in total. The first-order chi connectivity index (χ1) is 12.4. The molecule has 0 N–H and O–H groups in total. The van der Waals surface area contributed by atoms with Crippen molar-refractivity contribution >= 4 is 31.6 Å². The molecule has 0 amide bonds. The Labute approximate surface area is 159 Å². The Kier molecular flexibility index (Phi) is 4.07. The molecule has 0 aliphatic rings. The van der Waals surface area contributed by atoms with Gasteiger partial charge in [0.05, 0.1) is 7.05 Å². The van der Waals surface area contributed by atoms with Crippen LogP contribution >= 0.6 is 11.3 Å². The van der Waals surface area contributed by atoms with Gasteiger partial charge in [-0.2, -0.15) is 0 Å². The van der Waals surface area contributed by atoms with Gasteiger partial charge in [0.2, 0.25) is 5.52 Å². The summed E-state index contributed by atoms with van der Waals surface area (Å²) < 4.78 is 4.77. The second-order valence-corrected chi connectivity index (χ2v) is 8.70. The maximum Gasteiger partial charge on any atom is 0.287 e. The number of benzene rings is 2. The van der Waals surface area contributed by atoms with Crippen LogP contribution in [0, 0.1) is 20.8 Å². The maximum absolute atomic E-state index is 4.78. The summed E-state index contributed by atoms with van der Waals surface area (Å²) in [5.74, 6) is 0.537. The van der Waals surface area contributed by atoms with Gasteiger partial charge in [0, 0.05) is 15.6 Å². The van der Waals surface area contributed by atoms with Gasteiger partial charge in [-0.15, -0.1) is 11.3 Å². The highest BCUT2D eigenvalue weighted by molar-refractivity contribution is 7.26. The van der Waals surface area contributed by atoms with Crippen molar-refractivity contribution in [3.63, 3.8) is 0 Å². The first-order valence-corrected chi connectivity index (χ1v) is 9.97. The molecule has 0 saturated heterocycles. The third kappa shape index (κ3) is 2.62. The molecule has 4 aromatic rings. The molecule has 0 aliphatic heterocycles. The summed E-state index contributed by atoms with van der Waals surface area (Å²) in [6.07, 6.45) is 1.96. The summed E-state index contributed by atoms with van der Waals surface area (Å²) in [6.45, 7) is 11.1. The van der Waals surface area contributed by atoms with E-state index in [1.165, 1.54) is 48.3 Å². The molecular formula is C23H25N2S+. The van der Waals surface area contributed by atoms with Crippen LogP contribution in [-0.2, 0) is 7.05 Å². The van der Waals surface area contributed by atoms with Gasteiger partial charge in [-0.1, -0.05) is 31.5 Å². The first-order valence-electron chi connectivity index (χ1n) is 9.16. The lowest BCUT2D eigenvalue weighted by molar-refractivity contribution is -0.662. The zero-order valence-corrected chi connectivity index (χ0v) is 17.2. The summed E-state index contributed by atoms with van der Waals surface area (Å²) in [4.78, 5) is 4.78. The molecule has 0 unspecified atom stereocenters. The lowest BCUT2D eigenvalue weighted by Gasteiger charge is -2.11. The second-order valence-electron chi connectivity index (χ2n) is 7.65. The predicted molar refractivity (Wildman–Crippen MR) is 112 cm³/mol. The van der Waals surface area contributed by atoms with Crippen LogP contribution in [0.5, 0.6) is 0 Å². The monoisotopic (exact) mass is 361 g/mol. The van der Waals surface area contributed by atoms with Crippen LogP contribution in [0.3, 0.4) is 0 Å². The topological polar surface area (TPSA) is 16.8 Å². The van der Waals surface area contributed by atoms with Gasteiger partial charge in [0.1, 0.15) is 4.70 Å². The molecule has 0 aliphatic carbocycles. The van der Waals surface area contributed by atoms with Crippen LogP contribution < -0.4 is 4.57 Å². The van der Waals surface area contributed by atoms with Gasteiger partial charge in [-0.3, -0.25) is 0 Å². The summed E-state index contributed by atoms with van der Waals surface area (Å²) in [5, 5.41) is 1.26. The van der Waals surface area contributed by atoms with E-state index in [0.717, 1.165) is 5.52 Å². The lowest BCUT2D eigenvalue weighted by Crippen LogP contribution is -2.31. The van der Waals surface area contributed by atoms with Gasteiger partial charge in [0.15, 0.2) is 5.69 Å². The highest BCUT2D eigenvalue weighted by Crippen LogP contribution is 2.39. The third-order valence-corrected chi connectivity index (χ3v) is 6.50. The SMILES string of the molecule is Cc1cc(C)c(C)c(-c2c3sc4cc(C(C)C)ccc4c3nc[n+]2C)c1. The minimum absolute atomic E-state index is 0.537. The quantitative estimate of drug-likeness (QED) is 0.401. The largest absolute Gasteiger partial charge is 0.287 e. The van der Waals surface area contributed by atoms with Crippen molar-refractivity contribution in [3.05, 3.63) is 58.9 Å². The average Bonchev–Trinajstić information content (AvgIpc) is 2.95. The van der Waals surface area contributed by atoms with Crippen molar-refractivity contribution < 1.29 is 4.57 Å². The van der Waals surface area contributed by atoms with E-state index in [9.17, 15) is 0 Å². The number of aromatic nitrogens is 2. The molecule has 26 heavy (non-hydrogen) atoms. The Morgan fingerprint density at radius 3 is 2.54 bits per heavy atom. The summed E-state index contributed by atoms with van der Waals surface area (Å²) >= 11 is 1.87. The molecular weight excluding hydrogens is 336 g/mol. The fourth-order valence-corrected chi connectivity index (χ4v) is 5.01. The van der Waals surface area contributed by atoms with Crippen LogP contribution in [0.1, 0.15) is 42.0 Å². The van der Waals surface area contributed by atoms with Gasteiger partial charge >= 0.3 is 0 Å². The fourth-order valence-electron chi connectivity index (χ4n) is 3.71. The maximum atomic E-state index is 4.78. The van der Waals surface area contributed by atoms with Gasteiger partial charge < -0.3 is 0 Å². The first kappa shape index (κ1) is 17.2. The Morgan fingerprint density at radius 2 is 1.81 bits per heavy atom. The molecule has 0 saturated carbocycles. The molecule has 132 valence electrons. The van der Waals surface area contributed by atoms with Crippen molar-refractivity contribution in [2.75, 3.05) is 0 Å². The number of fused-ring (bicyclic) bond motifs is 3. The molecule has 4 rings (SSSR count). The number of thiophene rings is 1. The van der Waals surface area contributed by atoms with E-state index in [4.69, 9.17) is 4.98 Å². The van der Waals surface area contributed by atoms with E-state index >= 15 is 0 Å². The van der Waals surface area contributed by atoms with E-state index in [1.807, 2.05) is 17.7 Å². The van der Waals surface area contributed by atoms with E-state index in [1.54, 1.807) is 0 Å². The number of rotatable bonds is 2. The summed E-state index contributed by atoms with van der Waals surface area (Å²) in [7, 11) is 2.10. The number of aryl methyl sites for hydroxylation is 3. The van der Waals surface area contributed by atoms with Crippen LogP contribution in [0.2, 0.25) is 0 Å². The minimum Gasteiger partial charge on any atom is -0.231 e. The normalized spacial score (nSPS) is 11.8. The van der Waals surface area contributed by atoms with E-state index in [0.29, 0.717) is 5.92 Å². The Bertz CT molecular complexity index is 1150. The van der Waals surface area contributed by atoms with E-state index < -0.39 is 0 Å². The van der Waals surface area contributed by atoms with E-state index in [-0.39, 0.29) is 0 Å². The van der Waals surface area contributed by atoms with E-state index in [2.05, 4.69) is 76.6 Å². The molecule has 0 atom stereocenters. The minimum atomic E-state index is 0.537. The van der Waals surface area contributed by atoms with Crippen LogP contribution in [0.25, 0.3) is 31.6 Å². The number of hydrogen-bond donors (Lipinski definition) is 0. The zero-order valence-electron chi connectivity index (χ0n) is 16.3. The van der Waals surface area contributed by atoms with Crippen molar-refractivity contribution in [2.45, 2.75) is 40.5 Å². The molecule has 0 radical (unpaired) electrons. The van der Waals surface area contributed by atoms with Gasteiger partial charge in [-0.05, 0) is 66.6 Å². The second kappa shape index (κ2) is 6.17. The molecule has 3 heteroatoms. The Balaban J connectivity index is 2.10. The zero-order chi connectivity index (χ0) is 18.6. The molecule has 2 heterocycles. The summed E-state index contributed by atoms with van der Waals surface area (Å²) in [5.41, 5.74) is 9.08. The fraction of sp³-hybridized carbons (Fsp3) is 0.304. The lowest BCUT2D eigenvalue weighted by atomic mass is 9.97. The third-order valence-electron chi connectivity index (χ3n) is 5.35. The predicted octanol–water partition coefficient (Wildman–Crippen LogP) is 5.99. The summed E-state index contributed by atoms with van der Waals surface area (Å²) in [6, 6.07) is 11.4. The smallest absolute Gasteiger partial charge is 0.231 e. The van der Waals surface area contributed by atoms with Crippen LogP contribution in [-0.4, -0.2) is 4.98 Å². The van der Waals surface area contributed by atoms with Crippen LogP contribution in [0.15, 0.2) is 36.7 Å². The highest BCUT2D eigenvalue weighted by atomic mass is 32.1. The van der Waals surface area contributed by atoms with Crippen molar-refractivity contribution in [2.24, 2.45) is 7.05 Å². The molecule has 2 aromatic carbocycles. The van der Waals surface area contributed by atoms with Crippen LogP contribution in [0.4, 0.5) is 0 Å². The molecule has 0 fully saturated rings. The molecule has 0 bridgehead atoms. The molecule has 2 aromatic heterocycles. The van der Waals surface area contributed by atoms with Gasteiger partial charge in [0.25, 0.3) is 6.33 Å².